The van der Waals surface area contributed by atoms with Crippen molar-refractivity contribution in [3.05, 3.63) is 47.5 Å². The van der Waals surface area contributed by atoms with Gasteiger partial charge in [-0.05, 0) is 38.2 Å². The zero-order valence-corrected chi connectivity index (χ0v) is 15.5. The number of benzene rings is 1. The molecule has 0 unspecified atom stereocenters. The van der Waals surface area contributed by atoms with Crippen molar-refractivity contribution in [2.45, 2.75) is 26.9 Å². The molecule has 1 aromatic carbocycles. The third-order valence-corrected chi connectivity index (χ3v) is 5.03. The number of hydrogen-bond donors (Lipinski definition) is 1. The molecule has 2 aromatic rings. The van der Waals surface area contributed by atoms with Gasteiger partial charge in [0.15, 0.2) is 5.11 Å². The molecule has 0 bridgehead atoms. The first-order valence-corrected chi connectivity index (χ1v) is 9.03. The van der Waals surface area contributed by atoms with E-state index in [9.17, 15) is 4.39 Å². The third kappa shape index (κ3) is 4.16. The van der Waals surface area contributed by atoms with Crippen LogP contribution in [0.1, 0.15) is 18.2 Å². The maximum absolute atomic E-state index is 13.7. The van der Waals surface area contributed by atoms with Gasteiger partial charge in [0.2, 0.25) is 0 Å². The molecule has 0 amide bonds. The van der Waals surface area contributed by atoms with Crippen LogP contribution in [0, 0.1) is 12.7 Å². The van der Waals surface area contributed by atoms with Gasteiger partial charge in [0, 0.05) is 50.5 Å². The number of thiocarbonyl (C=S) groups is 1. The molecular formula is C18H24FN5S. The largest absolute Gasteiger partial charge is 0.346 e. The Kier molecular flexibility index (Phi) is 5.65. The fourth-order valence-electron chi connectivity index (χ4n) is 3.07. The molecule has 1 aliphatic rings. The number of para-hydroxylation sites is 1. The molecule has 7 heteroatoms. The Morgan fingerprint density at radius 1 is 1.24 bits per heavy atom. The van der Waals surface area contributed by atoms with Crippen LogP contribution in [0.5, 0.6) is 0 Å². The number of nitrogens with one attached hydrogen (secondary N) is 1. The van der Waals surface area contributed by atoms with E-state index in [1.807, 2.05) is 10.9 Å². The highest BCUT2D eigenvalue weighted by Crippen LogP contribution is 2.16. The second-order valence-electron chi connectivity index (χ2n) is 6.24. The third-order valence-electron chi connectivity index (χ3n) is 4.67. The van der Waals surface area contributed by atoms with E-state index in [-0.39, 0.29) is 5.82 Å². The van der Waals surface area contributed by atoms with Gasteiger partial charge in [0.05, 0.1) is 11.9 Å². The zero-order valence-electron chi connectivity index (χ0n) is 14.7. The van der Waals surface area contributed by atoms with Gasteiger partial charge in [-0.3, -0.25) is 9.58 Å². The summed E-state index contributed by atoms with van der Waals surface area (Å²) < 4.78 is 15.8. The van der Waals surface area contributed by atoms with Crippen molar-refractivity contribution in [2.75, 3.05) is 31.5 Å². The number of aromatic nitrogens is 2. The van der Waals surface area contributed by atoms with Gasteiger partial charge in [0.1, 0.15) is 5.82 Å². The second-order valence-corrected chi connectivity index (χ2v) is 6.63. The Morgan fingerprint density at radius 2 is 1.96 bits per heavy atom. The Bertz CT molecular complexity index is 737. The van der Waals surface area contributed by atoms with Crippen molar-refractivity contribution >= 4 is 23.0 Å². The first-order valence-electron chi connectivity index (χ1n) is 8.62. The highest BCUT2D eigenvalue weighted by atomic mass is 32.1. The molecule has 134 valence electrons. The van der Waals surface area contributed by atoms with Crippen molar-refractivity contribution in [1.29, 1.82) is 0 Å². The predicted molar refractivity (Wildman–Crippen MR) is 102 cm³/mol. The van der Waals surface area contributed by atoms with E-state index in [0.29, 0.717) is 10.8 Å². The maximum Gasteiger partial charge on any atom is 0.173 e. The lowest BCUT2D eigenvalue weighted by Crippen LogP contribution is -2.49. The van der Waals surface area contributed by atoms with Crippen molar-refractivity contribution in [3.63, 3.8) is 0 Å². The minimum absolute atomic E-state index is 0.285. The first-order chi connectivity index (χ1) is 12.1. The SMILES string of the molecule is CCn1ncc(CN2CCN(C(=S)Nc3ccccc3F)CC2)c1C. The topological polar surface area (TPSA) is 36.3 Å². The molecule has 1 aromatic heterocycles. The van der Waals surface area contributed by atoms with E-state index in [0.717, 1.165) is 39.3 Å². The molecular weight excluding hydrogens is 337 g/mol. The van der Waals surface area contributed by atoms with Gasteiger partial charge in [-0.2, -0.15) is 5.10 Å². The van der Waals surface area contributed by atoms with Crippen LogP contribution in [-0.4, -0.2) is 50.9 Å². The van der Waals surface area contributed by atoms with Crippen molar-refractivity contribution in [2.24, 2.45) is 0 Å². The number of halogens is 1. The number of anilines is 1. The van der Waals surface area contributed by atoms with E-state index in [4.69, 9.17) is 12.2 Å². The molecule has 1 fully saturated rings. The van der Waals surface area contributed by atoms with Crippen LogP contribution < -0.4 is 5.32 Å². The van der Waals surface area contributed by atoms with Crippen LogP contribution in [0.3, 0.4) is 0 Å². The molecule has 0 radical (unpaired) electrons. The molecule has 5 nitrogen and oxygen atoms in total. The molecule has 3 rings (SSSR count). The fourth-order valence-corrected chi connectivity index (χ4v) is 3.36. The average Bonchev–Trinajstić information content (AvgIpc) is 2.97. The van der Waals surface area contributed by atoms with Gasteiger partial charge in [-0.15, -0.1) is 0 Å². The summed E-state index contributed by atoms with van der Waals surface area (Å²) >= 11 is 5.44. The summed E-state index contributed by atoms with van der Waals surface area (Å²) in [6.45, 7) is 9.55. The lowest BCUT2D eigenvalue weighted by atomic mass is 10.2. The number of aryl methyl sites for hydroxylation is 1. The van der Waals surface area contributed by atoms with E-state index < -0.39 is 0 Å². The smallest absolute Gasteiger partial charge is 0.173 e. The molecule has 0 spiro atoms. The van der Waals surface area contributed by atoms with Crippen molar-refractivity contribution < 1.29 is 4.39 Å². The Hall–Kier alpha value is -1.99. The summed E-state index contributed by atoms with van der Waals surface area (Å²) in [4.78, 5) is 4.51. The van der Waals surface area contributed by atoms with E-state index in [1.165, 1.54) is 17.3 Å². The van der Waals surface area contributed by atoms with Gasteiger partial charge in [-0.25, -0.2) is 4.39 Å². The number of rotatable bonds is 4. The highest BCUT2D eigenvalue weighted by Gasteiger charge is 2.20. The second kappa shape index (κ2) is 7.93. The summed E-state index contributed by atoms with van der Waals surface area (Å²) in [6.07, 6.45) is 1.97. The van der Waals surface area contributed by atoms with Gasteiger partial charge in [0.25, 0.3) is 0 Å². The van der Waals surface area contributed by atoms with Crippen molar-refractivity contribution in [3.8, 4) is 0 Å². The lowest BCUT2D eigenvalue weighted by Gasteiger charge is -2.36. The number of nitrogens with zero attached hydrogens (tertiary/aromatic N) is 4. The fraction of sp³-hybridized carbons (Fsp3) is 0.444. The molecule has 1 aliphatic heterocycles. The standard InChI is InChI=1S/C18H24FN5S/c1-3-24-14(2)15(12-20-24)13-22-8-10-23(11-9-22)18(25)21-17-7-5-4-6-16(17)19/h4-7,12H,3,8-11,13H2,1-2H3,(H,21,25). The van der Waals surface area contributed by atoms with Crippen LogP contribution in [0.15, 0.2) is 30.5 Å². The molecule has 0 aliphatic carbocycles. The molecule has 1 N–H and O–H groups in total. The zero-order chi connectivity index (χ0) is 17.8. The minimum atomic E-state index is -0.285. The normalized spacial score (nSPS) is 15.4. The Balaban J connectivity index is 1.52. The summed E-state index contributed by atoms with van der Waals surface area (Å²) in [5, 5.41) is 8.01. The predicted octanol–water partition coefficient (Wildman–Crippen LogP) is 2.87. The number of hydrogen-bond acceptors (Lipinski definition) is 3. The Morgan fingerprint density at radius 3 is 2.60 bits per heavy atom. The van der Waals surface area contributed by atoms with Crippen LogP contribution in [0.25, 0.3) is 0 Å². The minimum Gasteiger partial charge on any atom is -0.346 e. The molecule has 0 saturated carbocycles. The van der Waals surface area contributed by atoms with Crippen LogP contribution >= 0.6 is 12.2 Å². The quantitative estimate of drug-likeness (QED) is 0.848. The van der Waals surface area contributed by atoms with Crippen LogP contribution in [0.4, 0.5) is 10.1 Å². The van der Waals surface area contributed by atoms with Crippen LogP contribution in [-0.2, 0) is 13.1 Å². The van der Waals surface area contributed by atoms with E-state index >= 15 is 0 Å². The lowest BCUT2D eigenvalue weighted by molar-refractivity contribution is 0.176. The molecule has 0 atom stereocenters. The monoisotopic (exact) mass is 361 g/mol. The van der Waals surface area contributed by atoms with Crippen molar-refractivity contribution in [1.82, 2.24) is 19.6 Å². The average molecular weight is 361 g/mol. The van der Waals surface area contributed by atoms with E-state index in [1.54, 1.807) is 18.2 Å². The maximum atomic E-state index is 13.7. The summed E-state index contributed by atoms with van der Waals surface area (Å²) in [6, 6.07) is 6.60. The molecule has 25 heavy (non-hydrogen) atoms. The summed E-state index contributed by atoms with van der Waals surface area (Å²) in [5.41, 5.74) is 2.95. The molecule has 1 saturated heterocycles. The summed E-state index contributed by atoms with van der Waals surface area (Å²) in [7, 11) is 0. The van der Waals surface area contributed by atoms with Gasteiger partial charge >= 0.3 is 0 Å². The number of piperazine rings is 1. The van der Waals surface area contributed by atoms with Gasteiger partial charge < -0.3 is 10.2 Å². The highest BCUT2D eigenvalue weighted by molar-refractivity contribution is 7.80. The van der Waals surface area contributed by atoms with Crippen LogP contribution in [0.2, 0.25) is 0 Å². The Labute approximate surface area is 153 Å². The summed E-state index contributed by atoms with van der Waals surface area (Å²) in [5.74, 6) is -0.285. The molecule has 2 heterocycles. The van der Waals surface area contributed by atoms with Gasteiger partial charge in [-0.1, -0.05) is 12.1 Å². The first kappa shape index (κ1) is 17.8. The van der Waals surface area contributed by atoms with E-state index in [2.05, 4.69) is 34.1 Å².